The van der Waals surface area contributed by atoms with E-state index in [1.54, 1.807) is 11.1 Å². The lowest BCUT2D eigenvalue weighted by Gasteiger charge is -2.33. The molecule has 9 heteroatoms. The zero-order chi connectivity index (χ0) is 28.1. The van der Waals surface area contributed by atoms with Crippen molar-refractivity contribution in [1.82, 2.24) is 20.0 Å². The number of nitrogens with one attached hydrogen (secondary N) is 1. The highest BCUT2D eigenvalue weighted by Gasteiger charge is 2.29. The number of hydrogen-bond acceptors (Lipinski definition) is 7. The van der Waals surface area contributed by atoms with Crippen molar-refractivity contribution in [1.29, 1.82) is 0 Å². The van der Waals surface area contributed by atoms with Crippen LogP contribution in [0, 0.1) is 18.8 Å². The molecule has 2 aliphatic heterocycles. The Balaban J connectivity index is 1.59. The lowest BCUT2D eigenvalue weighted by molar-refractivity contribution is -0.151. The lowest BCUT2D eigenvalue weighted by atomic mass is 9.91. The summed E-state index contributed by atoms with van der Waals surface area (Å²) in [5, 5.41) is 18.8. The minimum absolute atomic E-state index is 0.0213. The van der Waals surface area contributed by atoms with Gasteiger partial charge < -0.3 is 24.4 Å². The van der Waals surface area contributed by atoms with Gasteiger partial charge >= 0.3 is 12.1 Å². The summed E-state index contributed by atoms with van der Waals surface area (Å²) < 4.78 is 11.9. The smallest absolute Gasteiger partial charge is 0.410 e. The summed E-state index contributed by atoms with van der Waals surface area (Å²) >= 11 is 0. The van der Waals surface area contributed by atoms with Crippen molar-refractivity contribution in [2.75, 3.05) is 33.2 Å². The predicted octanol–water partition coefficient (Wildman–Crippen LogP) is 4.31. The van der Waals surface area contributed by atoms with Crippen LogP contribution >= 0.6 is 0 Å². The first-order chi connectivity index (χ1) is 18.6. The maximum absolute atomic E-state index is 13.0. The molecule has 3 heterocycles. The number of aromatic nitrogens is 2. The number of esters is 1. The Hall–Kier alpha value is -3.17. The third-order valence-corrected chi connectivity index (χ3v) is 7.95. The Kier molecular flexibility index (Phi) is 9.45. The van der Waals surface area contributed by atoms with Crippen molar-refractivity contribution in [3.05, 3.63) is 47.2 Å². The van der Waals surface area contributed by atoms with Crippen LogP contribution in [-0.2, 0) is 14.3 Å². The molecule has 0 saturated carbocycles. The molecule has 1 fully saturated rings. The molecule has 0 spiro atoms. The maximum Gasteiger partial charge on any atom is 0.410 e. The molecule has 0 bridgehead atoms. The maximum atomic E-state index is 13.0. The Bertz CT molecular complexity index is 1210. The molecule has 1 amide bonds. The summed E-state index contributed by atoms with van der Waals surface area (Å²) in [5.74, 6) is -0.639. The van der Waals surface area contributed by atoms with E-state index in [0.29, 0.717) is 25.9 Å². The van der Waals surface area contributed by atoms with Gasteiger partial charge in [-0.3, -0.25) is 9.89 Å². The number of cyclic esters (lactones) is 1. The first kappa shape index (κ1) is 28.8. The highest BCUT2D eigenvalue weighted by molar-refractivity contribution is 5.90. The molecule has 2 aliphatic rings. The number of benzene rings is 1. The number of ether oxygens (including phenoxy) is 2. The molecule has 212 valence electrons. The van der Waals surface area contributed by atoms with Crippen molar-refractivity contribution >= 4 is 29.0 Å². The molecular weight excluding hydrogens is 496 g/mol. The lowest BCUT2D eigenvalue weighted by Crippen LogP contribution is -2.48. The number of nitrogens with zero attached hydrogens (tertiary/aromatic N) is 3. The highest BCUT2D eigenvalue weighted by Crippen LogP contribution is 2.28. The van der Waals surface area contributed by atoms with E-state index in [1.165, 1.54) is 0 Å². The molecule has 9 nitrogen and oxygen atoms in total. The second-order valence-corrected chi connectivity index (χ2v) is 11.2. The summed E-state index contributed by atoms with van der Waals surface area (Å²) in [5.41, 5.74) is 3.93. The van der Waals surface area contributed by atoms with E-state index in [0.717, 1.165) is 40.7 Å². The summed E-state index contributed by atoms with van der Waals surface area (Å²) in [7, 11) is 2.04. The van der Waals surface area contributed by atoms with E-state index in [9.17, 15) is 14.7 Å². The number of hydrogen-bond donors (Lipinski definition) is 2. The number of fused-ring (bicyclic) bond motifs is 1. The van der Waals surface area contributed by atoms with Crippen LogP contribution in [0.2, 0.25) is 0 Å². The van der Waals surface area contributed by atoms with Gasteiger partial charge in [-0.1, -0.05) is 38.1 Å². The molecule has 1 aromatic heterocycles. The SMILES string of the molecule is C/C(=C\c1ccc(C)c2[nH]ncc12)[C@H]1OC(=O)C[C@H](O)CC[C@H](C)[C@@H](OC(=O)N2CCN(C)CC2)/C=C/[C@@H]1C. The van der Waals surface area contributed by atoms with E-state index in [-0.39, 0.29) is 24.3 Å². The standard InChI is InChI=1S/C30H42N4O5/c1-19-7-10-24(35)17-27(36)39-29(22(4)16-23-9-6-20(2)28-25(23)18-31-32-28)21(3)8-11-26(19)38-30(37)34-14-12-33(5)13-15-34/h6,8-9,11,16,18-19,21,24,26,29,35H,7,10,12-15,17H2,1-5H3,(H,31,32)/b11-8+,22-16+/t19-,21-,24+,26-,29-/m0/s1. The fraction of sp³-hybridized carbons (Fsp3) is 0.567. The first-order valence-electron chi connectivity index (χ1n) is 13.9. The number of aromatic amines is 1. The summed E-state index contributed by atoms with van der Waals surface area (Å²) in [4.78, 5) is 29.7. The number of carbonyl (C=O) groups is 2. The normalized spacial score (nSPS) is 28.9. The van der Waals surface area contributed by atoms with Gasteiger partial charge in [0.2, 0.25) is 0 Å². The van der Waals surface area contributed by atoms with E-state index >= 15 is 0 Å². The van der Waals surface area contributed by atoms with Gasteiger partial charge in [-0.15, -0.1) is 0 Å². The topological polar surface area (TPSA) is 108 Å². The van der Waals surface area contributed by atoms with Crippen LogP contribution in [0.3, 0.4) is 0 Å². The summed E-state index contributed by atoms with van der Waals surface area (Å²) in [6.07, 6.45) is 6.56. The van der Waals surface area contributed by atoms with Crippen molar-refractivity contribution in [3.63, 3.8) is 0 Å². The Morgan fingerprint density at radius 3 is 2.67 bits per heavy atom. The molecular formula is C30H42N4O5. The number of H-pyrrole nitrogens is 1. The van der Waals surface area contributed by atoms with Gasteiger partial charge in [0.25, 0.3) is 0 Å². The average Bonchev–Trinajstić information content (AvgIpc) is 3.40. The largest absolute Gasteiger partial charge is 0.457 e. The average molecular weight is 539 g/mol. The molecule has 39 heavy (non-hydrogen) atoms. The second kappa shape index (κ2) is 12.8. The van der Waals surface area contributed by atoms with Crippen LogP contribution in [0.25, 0.3) is 17.0 Å². The molecule has 0 radical (unpaired) electrons. The summed E-state index contributed by atoms with van der Waals surface area (Å²) in [6, 6.07) is 4.07. The zero-order valence-corrected chi connectivity index (χ0v) is 23.7. The van der Waals surface area contributed by atoms with Crippen LogP contribution in [0.1, 0.15) is 51.2 Å². The van der Waals surface area contributed by atoms with Crippen molar-refractivity contribution in [2.45, 2.75) is 65.3 Å². The van der Waals surface area contributed by atoms with E-state index in [1.807, 2.05) is 65.1 Å². The molecule has 0 unspecified atom stereocenters. The van der Waals surface area contributed by atoms with Gasteiger partial charge in [-0.25, -0.2) is 4.79 Å². The van der Waals surface area contributed by atoms with E-state index in [2.05, 4.69) is 15.1 Å². The molecule has 4 rings (SSSR count). The third kappa shape index (κ3) is 7.28. The first-order valence-corrected chi connectivity index (χ1v) is 13.9. The minimum Gasteiger partial charge on any atom is -0.457 e. The molecule has 1 aromatic carbocycles. The molecule has 2 aromatic rings. The monoisotopic (exact) mass is 538 g/mol. The number of aliphatic hydroxyl groups excluding tert-OH is 1. The van der Waals surface area contributed by atoms with Crippen molar-refractivity contribution in [3.8, 4) is 0 Å². The zero-order valence-electron chi connectivity index (χ0n) is 23.7. The fourth-order valence-corrected chi connectivity index (χ4v) is 5.28. The number of likely N-dealkylation sites (N-methyl/N-ethyl adjacent to an activating group) is 1. The van der Waals surface area contributed by atoms with Gasteiger partial charge in [-0.05, 0) is 62.4 Å². The highest BCUT2D eigenvalue weighted by atomic mass is 16.6. The number of aryl methyl sites for hydroxylation is 1. The van der Waals surface area contributed by atoms with Gasteiger partial charge in [0, 0.05) is 37.5 Å². The predicted molar refractivity (Wildman–Crippen MR) is 151 cm³/mol. The Morgan fingerprint density at radius 1 is 1.18 bits per heavy atom. The number of aliphatic hydroxyl groups is 1. The second-order valence-electron chi connectivity index (χ2n) is 11.2. The molecule has 5 atom stereocenters. The quantitative estimate of drug-likeness (QED) is 0.443. The van der Waals surface area contributed by atoms with Crippen LogP contribution in [0.15, 0.2) is 36.1 Å². The van der Waals surface area contributed by atoms with Gasteiger partial charge in [0.1, 0.15) is 12.2 Å². The van der Waals surface area contributed by atoms with E-state index < -0.39 is 24.3 Å². The van der Waals surface area contributed by atoms with Crippen LogP contribution in [0.4, 0.5) is 4.79 Å². The Labute approximate surface area is 230 Å². The Morgan fingerprint density at radius 2 is 1.92 bits per heavy atom. The molecule has 0 aliphatic carbocycles. The number of rotatable bonds is 3. The third-order valence-electron chi connectivity index (χ3n) is 7.95. The minimum atomic E-state index is -0.819. The number of piperazine rings is 1. The van der Waals surface area contributed by atoms with E-state index in [4.69, 9.17) is 9.47 Å². The van der Waals surface area contributed by atoms with Gasteiger partial charge in [0.05, 0.1) is 24.2 Å². The van der Waals surface area contributed by atoms with Gasteiger partial charge in [-0.2, -0.15) is 5.10 Å². The number of carbonyl (C=O) groups excluding carboxylic acids is 2. The van der Waals surface area contributed by atoms with Crippen molar-refractivity contribution in [2.24, 2.45) is 11.8 Å². The molecule has 2 N–H and O–H groups in total. The van der Waals surface area contributed by atoms with Crippen LogP contribution < -0.4 is 0 Å². The summed E-state index contributed by atoms with van der Waals surface area (Å²) in [6.45, 7) is 10.9. The van der Waals surface area contributed by atoms with Crippen LogP contribution in [0.5, 0.6) is 0 Å². The van der Waals surface area contributed by atoms with Crippen molar-refractivity contribution < 1.29 is 24.2 Å². The van der Waals surface area contributed by atoms with Gasteiger partial charge in [0.15, 0.2) is 0 Å². The fourth-order valence-electron chi connectivity index (χ4n) is 5.28. The van der Waals surface area contributed by atoms with Crippen LogP contribution in [-0.4, -0.2) is 88.7 Å². The number of amides is 1. The molecule has 1 saturated heterocycles.